The summed E-state index contributed by atoms with van der Waals surface area (Å²) >= 11 is 0. The van der Waals surface area contributed by atoms with Crippen LogP contribution in [0.4, 0.5) is 0 Å². The van der Waals surface area contributed by atoms with Crippen molar-refractivity contribution in [3.05, 3.63) is 17.8 Å². The second-order valence-corrected chi connectivity index (χ2v) is 4.57. The van der Waals surface area contributed by atoms with Gasteiger partial charge in [0.25, 0.3) is 0 Å². The molecule has 1 aromatic rings. The van der Waals surface area contributed by atoms with Crippen molar-refractivity contribution in [1.82, 2.24) is 9.88 Å². The van der Waals surface area contributed by atoms with E-state index in [1.165, 1.54) is 18.1 Å². The lowest BCUT2D eigenvalue weighted by molar-refractivity contribution is -0.150. The van der Waals surface area contributed by atoms with Gasteiger partial charge in [0.2, 0.25) is 11.8 Å². The van der Waals surface area contributed by atoms with Crippen LogP contribution in [0.5, 0.6) is 0 Å². The maximum absolute atomic E-state index is 11.9. The third-order valence-corrected chi connectivity index (χ3v) is 2.67. The zero-order valence-electron chi connectivity index (χ0n) is 11.0. The van der Waals surface area contributed by atoms with Gasteiger partial charge in [-0.1, -0.05) is 13.8 Å². The smallest absolute Gasteiger partial charge is 0.326 e. The van der Waals surface area contributed by atoms with Gasteiger partial charge in [0.1, 0.15) is 18.2 Å². The van der Waals surface area contributed by atoms with Crippen LogP contribution in [0.3, 0.4) is 0 Å². The molecular formula is C12H18N2O4. The van der Waals surface area contributed by atoms with E-state index in [-0.39, 0.29) is 18.2 Å². The van der Waals surface area contributed by atoms with Gasteiger partial charge >= 0.3 is 5.97 Å². The highest BCUT2D eigenvalue weighted by molar-refractivity contribution is 5.84. The Balaban J connectivity index is 2.73. The van der Waals surface area contributed by atoms with Gasteiger partial charge in [-0.25, -0.2) is 9.78 Å². The first-order chi connectivity index (χ1) is 8.32. The van der Waals surface area contributed by atoms with Crippen LogP contribution in [-0.4, -0.2) is 40.0 Å². The highest BCUT2D eigenvalue weighted by atomic mass is 16.4. The van der Waals surface area contributed by atoms with Crippen LogP contribution in [0.1, 0.15) is 25.5 Å². The minimum Gasteiger partial charge on any atom is -0.480 e. The third kappa shape index (κ3) is 3.32. The largest absolute Gasteiger partial charge is 0.480 e. The number of aliphatic carboxylic acids is 1. The maximum atomic E-state index is 11.9. The van der Waals surface area contributed by atoms with E-state index in [2.05, 4.69) is 4.98 Å². The molecule has 0 fully saturated rings. The SMILES string of the molecule is Cc1cnc(CC(=O)N(C)C(C(=O)O)C(C)C)o1. The molecule has 0 aliphatic heterocycles. The zero-order chi connectivity index (χ0) is 13.9. The van der Waals surface area contributed by atoms with Crippen LogP contribution in [0.2, 0.25) is 0 Å². The van der Waals surface area contributed by atoms with Crippen LogP contribution in [0.25, 0.3) is 0 Å². The Kier molecular flexibility index (Phi) is 4.47. The first-order valence-electron chi connectivity index (χ1n) is 5.72. The Morgan fingerprint density at radius 1 is 1.50 bits per heavy atom. The molecule has 1 heterocycles. The number of rotatable bonds is 5. The van der Waals surface area contributed by atoms with Crippen LogP contribution in [0.15, 0.2) is 10.6 Å². The quantitative estimate of drug-likeness (QED) is 0.850. The molecule has 6 heteroatoms. The minimum absolute atomic E-state index is 0.0269. The van der Waals surface area contributed by atoms with Gasteiger partial charge in [-0.3, -0.25) is 4.79 Å². The summed E-state index contributed by atoms with van der Waals surface area (Å²) in [7, 11) is 1.48. The Morgan fingerprint density at radius 3 is 2.50 bits per heavy atom. The van der Waals surface area contributed by atoms with Crippen molar-refractivity contribution in [2.24, 2.45) is 5.92 Å². The molecule has 18 heavy (non-hydrogen) atoms. The van der Waals surface area contributed by atoms with Crippen molar-refractivity contribution in [2.75, 3.05) is 7.05 Å². The van der Waals surface area contributed by atoms with Crippen LogP contribution >= 0.6 is 0 Å². The van der Waals surface area contributed by atoms with E-state index in [4.69, 9.17) is 9.52 Å². The molecule has 1 rings (SSSR count). The Morgan fingerprint density at radius 2 is 2.11 bits per heavy atom. The lowest BCUT2D eigenvalue weighted by Crippen LogP contribution is -2.46. The molecule has 1 aromatic heterocycles. The highest BCUT2D eigenvalue weighted by Gasteiger charge is 2.29. The Labute approximate surface area is 106 Å². The number of nitrogens with zero attached hydrogens (tertiary/aromatic N) is 2. The second kappa shape index (κ2) is 5.66. The average molecular weight is 254 g/mol. The van der Waals surface area contributed by atoms with E-state index in [0.717, 1.165) is 0 Å². The standard InChI is InChI=1S/C12H18N2O4/c1-7(2)11(12(16)17)14(4)10(15)5-9-13-6-8(3)18-9/h6-7,11H,5H2,1-4H3,(H,16,17). The predicted octanol–water partition coefficient (Wildman–Crippen LogP) is 1.09. The van der Waals surface area contributed by atoms with E-state index >= 15 is 0 Å². The minimum atomic E-state index is -1.01. The fourth-order valence-electron chi connectivity index (χ4n) is 1.79. The van der Waals surface area contributed by atoms with Gasteiger partial charge in [-0.05, 0) is 12.8 Å². The Bertz CT molecular complexity index is 439. The van der Waals surface area contributed by atoms with E-state index in [9.17, 15) is 9.59 Å². The van der Waals surface area contributed by atoms with Crippen molar-refractivity contribution in [1.29, 1.82) is 0 Å². The number of oxazole rings is 1. The van der Waals surface area contributed by atoms with Gasteiger partial charge < -0.3 is 14.4 Å². The number of amides is 1. The molecule has 6 nitrogen and oxygen atoms in total. The monoisotopic (exact) mass is 254 g/mol. The fourth-order valence-corrected chi connectivity index (χ4v) is 1.79. The molecule has 100 valence electrons. The van der Waals surface area contributed by atoms with Crippen molar-refractivity contribution in [3.63, 3.8) is 0 Å². The molecule has 0 radical (unpaired) electrons. The zero-order valence-corrected chi connectivity index (χ0v) is 11.0. The molecule has 0 aliphatic rings. The lowest BCUT2D eigenvalue weighted by atomic mass is 10.0. The number of likely N-dealkylation sites (N-methyl/N-ethyl adjacent to an activating group) is 1. The lowest BCUT2D eigenvalue weighted by Gasteiger charge is -2.27. The first kappa shape index (κ1) is 14.2. The third-order valence-electron chi connectivity index (χ3n) is 2.67. The van der Waals surface area contributed by atoms with Crippen molar-refractivity contribution < 1.29 is 19.1 Å². The molecular weight excluding hydrogens is 236 g/mol. The molecule has 1 unspecified atom stereocenters. The topological polar surface area (TPSA) is 83.6 Å². The summed E-state index contributed by atoms with van der Waals surface area (Å²) in [5, 5.41) is 9.10. The molecule has 0 saturated heterocycles. The first-order valence-corrected chi connectivity index (χ1v) is 5.72. The molecule has 1 N–H and O–H groups in total. The number of carboxylic acid groups (broad SMARTS) is 1. The number of aryl methyl sites for hydroxylation is 1. The van der Waals surface area contributed by atoms with Crippen LogP contribution in [0, 0.1) is 12.8 Å². The normalized spacial score (nSPS) is 12.5. The summed E-state index contributed by atoms with van der Waals surface area (Å²) in [6.07, 6.45) is 1.50. The van der Waals surface area contributed by atoms with Gasteiger partial charge in [0.05, 0.1) is 6.20 Å². The van der Waals surface area contributed by atoms with E-state index in [1.807, 2.05) is 0 Å². The molecule has 0 bridgehead atoms. The van der Waals surface area contributed by atoms with E-state index in [1.54, 1.807) is 20.8 Å². The number of hydrogen-bond acceptors (Lipinski definition) is 4. The molecule has 0 saturated carbocycles. The number of carbonyl (C=O) groups is 2. The molecule has 1 amide bonds. The van der Waals surface area contributed by atoms with Gasteiger partial charge in [-0.2, -0.15) is 0 Å². The number of carbonyl (C=O) groups excluding carboxylic acids is 1. The summed E-state index contributed by atoms with van der Waals surface area (Å²) in [4.78, 5) is 28.2. The van der Waals surface area contributed by atoms with Crippen LogP contribution in [-0.2, 0) is 16.0 Å². The predicted molar refractivity (Wildman–Crippen MR) is 64.0 cm³/mol. The summed E-state index contributed by atoms with van der Waals surface area (Å²) < 4.78 is 5.20. The second-order valence-electron chi connectivity index (χ2n) is 4.57. The fraction of sp³-hybridized carbons (Fsp3) is 0.583. The van der Waals surface area contributed by atoms with Crippen molar-refractivity contribution >= 4 is 11.9 Å². The Hall–Kier alpha value is -1.85. The van der Waals surface area contributed by atoms with E-state index < -0.39 is 12.0 Å². The molecule has 0 aromatic carbocycles. The average Bonchev–Trinajstić information content (AvgIpc) is 2.62. The van der Waals surface area contributed by atoms with Crippen LogP contribution < -0.4 is 0 Å². The van der Waals surface area contributed by atoms with Crippen molar-refractivity contribution in [3.8, 4) is 0 Å². The summed E-state index contributed by atoms with van der Waals surface area (Å²) in [6.45, 7) is 5.26. The molecule has 1 atom stereocenters. The number of aromatic nitrogens is 1. The summed E-state index contributed by atoms with van der Waals surface area (Å²) in [5.74, 6) is -0.568. The highest BCUT2D eigenvalue weighted by Crippen LogP contribution is 2.12. The molecule has 0 spiro atoms. The van der Waals surface area contributed by atoms with Gasteiger partial charge in [0, 0.05) is 7.05 Å². The number of carboxylic acids is 1. The summed E-state index contributed by atoms with van der Waals surface area (Å²) in [5.41, 5.74) is 0. The number of hydrogen-bond donors (Lipinski definition) is 1. The summed E-state index contributed by atoms with van der Waals surface area (Å²) in [6, 6.07) is -0.839. The van der Waals surface area contributed by atoms with E-state index in [0.29, 0.717) is 11.7 Å². The van der Waals surface area contributed by atoms with Gasteiger partial charge in [-0.15, -0.1) is 0 Å². The molecule has 0 aliphatic carbocycles. The van der Waals surface area contributed by atoms with Gasteiger partial charge in [0.15, 0.2) is 0 Å². The van der Waals surface area contributed by atoms with Crippen molar-refractivity contribution in [2.45, 2.75) is 33.2 Å². The maximum Gasteiger partial charge on any atom is 0.326 e.